The summed E-state index contributed by atoms with van der Waals surface area (Å²) in [5, 5.41) is 5.69. The van der Waals surface area contributed by atoms with Gasteiger partial charge >= 0.3 is 6.09 Å². The minimum atomic E-state index is -0.820. The normalized spacial score (nSPS) is 14.1. The number of carbonyl (C=O) groups is 4. The van der Waals surface area contributed by atoms with Gasteiger partial charge in [-0.3, -0.25) is 14.4 Å². The second kappa shape index (κ2) is 19.6. The Labute approximate surface area is 378 Å². The zero-order chi connectivity index (χ0) is 45.6. The van der Waals surface area contributed by atoms with E-state index in [1.165, 1.54) is 7.11 Å². The van der Waals surface area contributed by atoms with E-state index in [0.29, 0.717) is 44.2 Å². The van der Waals surface area contributed by atoms with Crippen molar-refractivity contribution in [3.05, 3.63) is 119 Å². The maximum atomic E-state index is 14.2. The monoisotopic (exact) mass is 874 g/mol. The Hall–Kier alpha value is -7.36. The molecule has 14 nitrogen and oxygen atoms in total. The summed E-state index contributed by atoms with van der Waals surface area (Å²) < 4.78 is 11.2. The van der Waals surface area contributed by atoms with Gasteiger partial charge in [0.15, 0.2) is 0 Å². The van der Waals surface area contributed by atoms with Crippen LogP contribution >= 0.6 is 0 Å². The van der Waals surface area contributed by atoms with E-state index < -0.39 is 18.2 Å². The number of aromatic amines is 2. The smallest absolute Gasteiger partial charge is 0.407 e. The number of alkyl carbamates (subject to hydrolysis) is 1. The van der Waals surface area contributed by atoms with E-state index >= 15 is 0 Å². The molecule has 65 heavy (non-hydrogen) atoms. The molecule has 3 aromatic carbocycles. The number of methoxy groups -OCH3 is 1. The quantitative estimate of drug-likeness (QED) is 0.0562. The first-order chi connectivity index (χ1) is 31.5. The number of hydrogen-bond donors (Lipinski definition) is 4. The van der Waals surface area contributed by atoms with E-state index in [0.717, 1.165) is 87.5 Å². The van der Waals surface area contributed by atoms with Crippen molar-refractivity contribution >= 4 is 23.8 Å². The van der Waals surface area contributed by atoms with Crippen LogP contribution in [0.3, 0.4) is 0 Å². The van der Waals surface area contributed by atoms with Crippen LogP contribution in [0.1, 0.15) is 79.6 Å². The fraction of sp³-hybridized carbons (Fsp3) is 0.353. The lowest BCUT2D eigenvalue weighted by Crippen LogP contribution is -2.51. The molecule has 3 aliphatic rings. The molecule has 1 fully saturated rings. The fourth-order valence-electron chi connectivity index (χ4n) is 8.50. The van der Waals surface area contributed by atoms with Crippen molar-refractivity contribution in [2.24, 2.45) is 11.8 Å². The van der Waals surface area contributed by atoms with Gasteiger partial charge in [0.1, 0.15) is 36.1 Å². The number of H-pyrrole nitrogens is 2. The van der Waals surface area contributed by atoms with Crippen LogP contribution in [-0.4, -0.2) is 79.8 Å². The van der Waals surface area contributed by atoms with E-state index in [1.807, 2.05) is 50.4 Å². The highest BCUT2D eigenvalue weighted by Crippen LogP contribution is 2.45. The molecule has 14 heteroatoms. The van der Waals surface area contributed by atoms with Gasteiger partial charge in [0.25, 0.3) is 0 Å². The number of hydrogen-bond acceptors (Lipinski definition) is 8. The van der Waals surface area contributed by atoms with Crippen LogP contribution in [0, 0.1) is 24.2 Å². The Balaban J connectivity index is 0.996. The van der Waals surface area contributed by atoms with Crippen LogP contribution in [0.4, 0.5) is 4.79 Å². The Morgan fingerprint density at radius 3 is 2.46 bits per heavy atom. The van der Waals surface area contributed by atoms with E-state index in [1.54, 1.807) is 15.9 Å². The molecule has 0 spiro atoms. The first-order valence-corrected chi connectivity index (χ1v) is 22.2. The van der Waals surface area contributed by atoms with Gasteiger partial charge < -0.3 is 39.9 Å². The number of nitrogens with zero attached hydrogens (tertiary/aromatic N) is 4. The number of ether oxygens (including phenoxy) is 2. The zero-order valence-corrected chi connectivity index (χ0v) is 37.0. The predicted molar refractivity (Wildman–Crippen MR) is 246 cm³/mol. The molecular formula is C51H54N8O6. The summed E-state index contributed by atoms with van der Waals surface area (Å²) in [5.74, 6) is 3.83. The third-order valence-electron chi connectivity index (χ3n) is 12.2. The number of aromatic nitrogens is 4. The topological polar surface area (TPSA) is 175 Å². The van der Waals surface area contributed by atoms with Crippen molar-refractivity contribution in [3.63, 3.8) is 0 Å². The Morgan fingerprint density at radius 2 is 1.72 bits per heavy atom. The molecule has 0 bridgehead atoms. The highest BCUT2D eigenvalue weighted by atomic mass is 16.5. The van der Waals surface area contributed by atoms with Crippen molar-refractivity contribution in [3.8, 4) is 51.7 Å². The van der Waals surface area contributed by atoms with Gasteiger partial charge in [0, 0.05) is 54.0 Å². The molecule has 5 aromatic rings. The molecule has 8 rings (SSSR count). The number of imidazole rings is 2. The second-order valence-electron chi connectivity index (χ2n) is 17.1. The molecule has 1 aliphatic heterocycles. The molecule has 4 N–H and O–H groups in total. The molecule has 2 unspecified atom stereocenters. The maximum absolute atomic E-state index is 14.2. The summed E-state index contributed by atoms with van der Waals surface area (Å²) in [4.78, 5) is 73.1. The third-order valence-corrected chi connectivity index (χ3v) is 12.2. The van der Waals surface area contributed by atoms with Gasteiger partial charge in [0.2, 0.25) is 17.7 Å². The standard InChI is InChI=1S/C51H54N8O6/c1-6-8-13-23-59(50(62)46(32-14-11-10-12-15-32)56-48(60)33-16-17-33)28-43-52-27-41(54-43)35-18-20-37-36(24-35)30-65-42-26-38-34(25-39(37)42)19-21-40-47(38)55-44(53-40)29-58(22-9-7-2)49(61)45(31(3)4)57-51(63)64-5/h2,8,10-12,14-15,18,20,24-27,31,33,45-46H,1,9,13,16-17,19,21-23,28-30H2,3-5H3,(H,52,54)(H,53,55)(H,56,60)(H,57,63). The number of amides is 4. The predicted octanol–water partition coefficient (Wildman–Crippen LogP) is 7.18. The SMILES string of the molecule is C#CCCN(Cc1nc2c([nH]1)CCc1cc3c(cc1-2)OCc1cc(-c2c[nH]c(CN(CCC=C=C)C(=O)C(NC(=O)C4CC4)c4ccccc4)n2)ccc1-3)C(=O)C(NC(=O)OC)C(C)C. The van der Waals surface area contributed by atoms with E-state index in [-0.39, 0.29) is 42.6 Å². The lowest BCUT2D eigenvalue weighted by atomic mass is 9.86. The molecule has 0 saturated heterocycles. The molecule has 2 atom stereocenters. The van der Waals surface area contributed by atoms with Gasteiger partial charge in [0.05, 0.1) is 31.6 Å². The number of carbonyl (C=O) groups excluding carboxylic acids is 4. The summed E-state index contributed by atoms with van der Waals surface area (Å²) in [6.07, 6.45) is 12.7. The van der Waals surface area contributed by atoms with E-state index in [2.05, 4.69) is 69.2 Å². The van der Waals surface area contributed by atoms with Gasteiger partial charge in [-0.05, 0) is 84.6 Å². The molecular weight excluding hydrogens is 821 g/mol. The van der Waals surface area contributed by atoms with Crippen LogP contribution in [0.2, 0.25) is 0 Å². The summed E-state index contributed by atoms with van der Waals surface area (Å²) >= 11 is 0. The van der Waals surface area contributed by atoms with Crippen molar-refractivity contribution in [1.29, 1.82) is 0 Å². The molecule has 3 heterocycles. The number of rotatable bonds is 17. The minimum Gasteiger partial charge on any atom is -0.488 e. The van der Waals surface area contributed by atoms with Crippen LogP contribution in [-0.2, 0) is 51.7 Å². The number of terminal acetylenes is 1. The molecule has 1 saturated carbocycles. The van der Waals surface area contributed by atoms with E-state index in [9.17, 15) is 19.2 Å². The van der Waals surface area contributed by atoms with Crippen LogP contribution in [0.15, 0.2) is 85.2 Å². The minimum absolute atomic E-state index is 0.0454. The second-order valence-corrected chi connectivity index (χ2v) is 17.1. The van der Waals surface area contributed by atoms with Crippen molar-refractivity contribution in [1.82, 2.24) is 40.4 Å². The maximum Gasteiger partial charge on any atom is 0.407 e. The summed E-state index contributed by atoms with van der Waals surface area (Å²) in [7, 11) is 1.27. The number of benzene rings is 3. The largest absolute Gasteiger partial charge is 0.488 e. The lowest BCUT2D eigenvalue weighted by Gasteiger charge is -2.28. The Kier molecular flexibility index (Phi) is 13.3. The number of aryl methyl sites for hydroxylation is 2. The van der Waals surface area contributed by atoms with Crippen LogP contribution in [0.5, 0.6) is 5.75 Å². The molecule has 334 valence electrons. The molecule has 2 aliphatic carbocycles. The first kappa shape index (κ1) is 44.3. The van der Waals surface area contributed by atoms with Gasteiger partial charge in [-0.15, -0.1) is 18.1 Å². The van der Waals surface area contributed by atoms with Crippen molar-refractivity contribution < 1.29 is 28.7 Å². The van der Waals surface area contributed by atoms with E-state index in [4.69, 9.17) is 25.9 Å². The molecule has 0 radical (unpaired) electrons. The highest BCUT2D eigenvalue weighted by molar-refractivity contribution is 5.90. The van der Waals surface area contributed by atoms with Gasteiger partial charge in [-0.2, -0.15) is 0 Å². The first-order valence-electron chi connectivity index (χ1n) is 22.2. The number of nitrogens with one attached hydrogen (secondary N) is 4. The van der Waals surface area contributed by atoms with Crippen LogP contribution in [0.25, 0.3) is 33.6 Å². The summed E-state index contributed by atoms with van der Waals surface area (Å²) in [6, 6.07) is 18.3. The van der Waals surface area contributed by atoms with Gasteiger partial charge in [-0.1, -0.05) is 62.9 Å². The van der Waals surface area contributed by atoms with Gasteiger partial charge in [-0.25, -0.2) is 14.8 Å². The summed E-state index contributed by atoms with van der Waals surface area (Å²) in [6.45, 7) is 8.88. The average molecular weight is 875 g/mol. The highest BCUT2D eigenvalue weighted by Gasteiger charge is 2.35. The summed E-state index contributed by atoms with van der Waals surface area (Å²) in [5.41, 5.74) is 12.2. The molecule has 2 aromatic heterocycles. The number of fused-ring (bicyclic) bond motifs is 6. The zero-order valence-electron chi connectivity index (χ0n) is 37.0. The third kappa shape index (κ3) is 9.91. The van der Waals surface area contributed by atoms with Crippen LogP contribution < -0.4 is 15.4 Å². The fourth-order valence-corrected chi connectivity index (χ4v) is 8.50. The van der Waals surface area contributed by atoms with Crippen molar-refractivity contribution in [2.45, 2.75) is 84.2 Å². The Morgan fingerprint density at radius 1 is 0.938 bits per heavy atom. The van der Waals surface area contributed by atoms with Crippen molar-refractivity contribution in [2.75, 3.05) is 20.2 Å². The average Bonchev–Trinajstić information content (AvgIpc) is 3.93. The molecule has 4 amide bonds. The Bertz CT molecular complexity index is 2680. The lowest BCUT2D eigenvalue weighted by molar-refractivity contribution is -0.137.